The molecular formula is C19H12F7N3O2. The average Bonchev–Trinajstić information content (AvgIpc) is 2.64. The van der Waals surface area contributed by atoms with Gasteiger partial charge in [0.2, 0.25) is 5.91 Å². The molecule has 31 heavy (non-hydrogen) atoms. The van der Waals surface area contributed by atoms with Gasteiger partial charge in [-0.3, -0.25) is 15.0 Å². The van der Waals surface area contributed by atoms with Gasteiger partial charge in [0.1, 0.15) is 18.1 Å². The smallest absolute Gasteiger partial charge is 0.273 e. The van der Waals surface area contributed by atoms with Gasteiger partial charge in [0.05, 0.1) is 22.9 Å². The molecule has 5 nitrogen and oxygen atoms in total. The van der Waals surface area contributed by atoms with Gasteiger partial charge in [-0.1, -0.05) is 18.2 Å². The van der Waals surface area contributed by atoms with Crippen LogP contribution in [0.2, 0.25) is 0 Å². The number of para-hydroxylation sites is 1. The number of aromatic nitrogens is 2. The lowest BCUT2D eigenvalue weighted by Gasteiger charge is -2.17. The summed E-state index contributed by atoms with van der Waals surface area (Å²) in [5, 5.41) is -0.622. The quantitative estimate of drug-likeness (QED) is 0.616. The number of hydrogen-bond donors (Lipinski definition) is 1. The van der Waals surface area contributed by atoms with Crippen molar-refractivity contribution in [2.45, 2.75) is 25.2 Å². The molecule has 0 aliphatic carbocycles. The van der Waals surface area contributed by atoms with Gasteiger partial charge in [-0.05, 0) is 29.8 Å². The summed E-state index contributed by atoms with van der Waals surface area (Å²) in [5.74, 6) is -2.65. The topological polar surface area (TPSA) is 64.0 Å². The molecule has 1 aromatic heterocycles. The number of benzene rings is 2. The van der Waals surface area contributed by atoms with Crippen LogP contribution in [0.15, 0.2) is 47.3 Å². The van der Waals surface area contributed by atoms with E-state index < -0.39 is 64.8 Å². The molecule has 3 aromatic rings. The summed E-state index contributed by atoms with van der Waals surface area (Å²) >= 11 is 0. The van der Waals surface area contributed by atoms with Gasteiger partial charge >= 0.3 is 12.4 Å². The fraction of sp³-hybridized carbons (Fsp3) is 0.211. The second-order valence-electron chi connectivity index (χ2n) is 6.50. The number of carbonyl (C=O) groups is 1. The number of nitrogens with zero attached hydrogens (tertiary/aromatic N) is 2. The number of hydrogen-bond acceptors (Lipinski definition) is 3. The minimum Gasteiger partial charge on any atom is -0.273 e. The SMILES string of the molecule is O=C(Cc1ccc(F)cc1)Nn1c(CC(F)(F)F)nc2c(C(F)(F)F)cccc2c1=O. The Balaban J connectivity index is 2.09. The first-order chi connectivity index (χ1) is 14.3. The Labute approximate surface area is 169 Å². The molecule has 0 unspecified atom stereocenters. The van der Waals surface area contributed by atoms with Crippen molar-refractivity contribution in [3.05, 3.63) is 75.6 Å². The van der Waals surface area contributed by atoms with Crippen LogP contribution in [0.5, 0.6) is 0 Å². The number of nitrogens with one attached hydrogen (secondary N) is 1. The lowest BCUT2D eigenvalue weighted by molar-refractivity contribution is -0.136. The highest BCUT2D eigenvalue weighted by molar-refractivity contribution is 5.87. The summed E-state index contributed by atoms with van der Waals surface area (Å²) < 4.78 is 91.8. The molecular weight excluding hydrogens is 435 g/mol. The number of amides is 1. The van der Waals surface area contributed by atoms with E-state index in [0.717, 1.165) is 24.3 Å². The van der Waals surface area contributed by atoms with Crippen molar-refractivity contribution in [3.8, 4) is 0 Å². The molecule has 0 fully saturated rings. The van der Waals surface area contributed by atoms with Gasteiger partial charge in [-0.15, -0.1) is 0 Å². The second kappa shape index (κ2) is 8.00. The van der Waals surface area contributed by atoms with Crippen molar-refractivity contribution in [2.75, 3.05) is 5.43 Å². The Morgan fingerprint density at radius 1 is 1.00 bits per heavy atom. The highest BCUT2D eigenvalue weighted by Crippen LogP contribution is 2.33. The van der Waals surface area contributed by atoms with Crippen LogP contribution in [0.1, 0.15) is 17.0 Å². The van der Waals surface area contributed by atoms with Crippen molar-refractivity contribution in [3.63, 3.8) is 0 Å². The predicted molar refractivity (Wildman–Crippen MR) is 95.2 cm³/mol. The normalized spacial score (nSPS) is 12.2. The van der Waals surface area contributed by atoms with E-state index >= 15 is 0 Å². The summed E-state index contributed by atoms with van der Waals surface area (Å²) in [6.07, 6.45) is -12.2. The second-order valence-corrected chi connectivity index (χ2v) is 6.50. The molecule has 2 aromatic carbocycles. The van der Waals surface area contributed by atoms with Crippen LogP contribution in [0.25, 0.3) is 10.9 Å². The lowest BCUT2D eigenvalue weighted by atomic mass is 10.1. The summed E-state index contributed by atoms with van der Waals surface area (Å²) in [4.78, 5) is 28.3. The van der Waals surface area contributed by atoms with Crippen LogP contribution in [0.3, 0.4) is 0 Å². The molecule has 0 radical (unpaired) electrons. The van der Waals surface area contributed by atoms with Crippen molar-refractivity contribution >= 4 is 16.8 Å². The first kappa shape index (κ1) is 22.2. The molecule has 0 saturated carbocycles. The molecule has 0 aliphatic heterocycles. The van der Waals surface area contributed by atoms with Gasteiger partial charge in [-0.2, -0.15) is 26.3 Å². The molecule has 0 aliphatic rings. The Hall–Kier alpha value is -3.44. The van der Waals surface area contributed by atoms with Gasteiger partial charge in [0.25, 0.3) is 5.56 Å². The van der Waals surface area contributed by atoms with E-state index in [1.54, 1.807) is 0 Å². The van der Waals surface area contributed by atoms with Crippen LogP contribution in [-0.2, 0) is 23.8 Å². The minimum absolute atomic E-state index is 0.182. The number of fused-ring (bicyclic) bond motifs is 1. The highest BCUT2D eigenvalue weighted by atomic mass is 19.4. The Morgan fingerprint density at radius 2 is 1.65 bits per heavy atom. The van der Waals surface area contributed by atoms with E-state index in [0.29, 0.717) is 6.07 Å². The third-order valence-electron chi connectivity index (χ3n) is 4.15. The Bertz CT molecular complexity index is 1180. The maximum Gasteiger partial charge on any atom is 0.418 e. The Kier molecular flexibility index (Phi) is 5.74. The van der Waals surface area contributed by atoms with E-state index in [2.05, 4.69) is 4.98 Å². The van der Waals surface area contributed by atoms with Crippen molar-refractivity contribution < 1.29 is 35.5 Å². The molecule has 0 atom stereocenters. The molecule has 164 valence electrons. The van der Waals surface area contributed by atoms with Crippen LogP contribution in [0, 0.1) is 5.82 Å². The maximum atomic E-state index is 13.2. The summed E-state index contributed by atoms with van der Waals surface area (Å²) in [6.45, 7) is 0. The predicted octanol–water partition coefficient (Wildman–Crippen LogP) is 3.97. The summed E-state index contributed by atoms with van der Waals surface area (Å²) in [5.41, 5.74) is -1.41. The molecule has 0 spiro atoms. The molecule has 0 bridgehead atoms. The minimum atomic E-state index is -4.97. The van der Waals surface area contributed by atoms with Crippen LogP contribution in [0.4, 0.5) is 30.7 Å². The number of alkyl halides is 6. The number of rotatable bonds is 4. The standard InChI is InChI=1S/C19H12F7N3O2/c20-11-6-4-10(5-7-11)8-15(30)28-29-14(9-18(21,22)23)27-16-12(17(29)31)2-1-3-13(16)19(24,25)26/h1-7H,8-9H2,(H,28,30). The zero-order valence-electron chi connectivity index (χ0n) is 15.3. The maximum absolute atomic E-state index is 13.2. The first-order valence-electron chi connectivity index (χ1n) is 8.58. The first-order valence-corrected chi connectivity index (χ1v) is 8.58. The monoisotopic (exact) mass is 447 g/mol. The van der Waals surface area contributed by atoms with Crippen molar-refractivity contribution in [2.24, 2.45) is 0 Å². The largest absolute Gasteiger partial charge is 0.418 e. The van der Waals surface area contributed by atoms with E-state index in [4.69, 9.17) is 0 Å². The van der Waals surface area contributed by atoms with E-state index in [9.17, 15) is 40.3 Å². The molecule has 1 amide bonds. The summed E-state index contributed by atoms with van der Waals surface area (Å²) in [6, 6.07) is 7.07. The molecule has 3 rings (SSSR count). The van der Waals surface area contributed by atoms with Crippen molar-refractivity contribution in [1.29, 1.82) is 0 Å². The molecule has 1 N–H and O–H groups in total. The zero-order chi connectivity index (χ0) is 23.0. The third-order valence-corrected chi connectivity index (χ3v) is 4.15. The van der Waals surface area contributed by atoms with Gasteiger partial charge in [0, 0.05) is 0 Å². The molecule has 0 saturated heterocycles. The van der Waals surface area contributed by atoms with Crippen LogP contribution >= 0.6 is 0 Å². The van der Waals surface area contributed by atoms with Gasteiger partial charge in [0.15, 0.2) is 0 Å². The van der Waals surface area contributed by atoms with E-state index in [-0.39, 0.29) is 10.2 Å². The zero-order valence-corrected chi connectivity index (χ0v) is 15.3. The number of halogens is 7. The lowest BCUT2D eigenvalue weighted by Crippen LogP contribution is -2.38. The van der Waals surface area contributed by atoms with E-state index in [1.807, 2.05) is 5.43 Å². The third kappa shape index (κ3) is 5.19. The van der Waals surface area contributed by atoms with E-state index in [1.165, 1.54) is 12.1 Å². The van der Waals surface area contributed by atoms with Gasteiger partial charge < -0.3 is 0 Å². The molecule has 1 heterocycles. The fourth-order valence-corrected chi connectivity index (χ4v) is 2.85. The van der Waals surface area contributed by atoms with Crippen molar-refractivity contribution in [1.82, 2.24) is 9.66 Å². The number of carbonyl (C=O) groups excluding carboxylic acids is 1. The van der Waals surface area contributed by atoms with Crippen LogP contribution < -0.4 is 11.0 Å². The fourth-order valence-electron chi connectivity index (χ4n) is 2.85. The highest BCUT2D eigenvalue weighted by Gasteiger charge is 2.36. The average molecular weight is 447 g/mol. The molecule has 12 heteroatoms. The summed E-state index contributed by atoms with van der Waals surface area (Å²) in [7, 11) is 0. The van der Waals surface area contributed by atoms with Gasteiger partial charge in [-0.25, -0.2) is 14.1 Å². The Morgan fingerprint density at radius 3 is 2.23 bits per heavy atom. The van der Waals surface area contributed by atoms with Crippen LogP contribution in [-0.4, -0.2) is 21.7 Å².